The molecule has 5 heteroatoms. The van der Waals surface area contributed by atoms with Crippen molar-refractivity contribution >= 4 is 17.6 Å². The Morgan fingerprint density at radius 1 is 1.14 bits per heavy atom. The first kappa shape index (κ1) is 14.5. The molecule has 2 aromatic heterocycles. The third-order valence-electron chi connectivity index (χ3n) is 2.95. The first-order valence-electron chi connectivity index (χ1n) is 7.11. The Balaban J connectivity index is 2.07. The Labute approximate surface area is 133 Å². The highest BCUT2D eigenvalue weighted by molar-refractivity contribution is 7.07. The fraction of sp³-hybridized carbons (Fsp3) is 0.176. The molecular formula is C17H17N3OS. The molecule has 0 unspecified atom stereocenters. The second-order valence-corrected chi connectivity index (χ2v) is 5.91. The lowest BCUT2D eigenvalue weighted by Crippen LogP contribution is -2.14. The Hall–Kier alpha value is -2.40. The molecule has 0 spiro atoms. The van der Waals surface area contributed by atoms with Crippen LogP contribution in [0, 0.1) is 0 Å². The summed E-state index contributed by atoms with van der Waals surface area (Å²) in [5, 5.41) is 6.61. The molecule has 1 aromatic carbocycles. The summed E-state index contributed by atoms with van der Waals surface area (Å²) in [7, 11) is 0. The second kappa shape index (κ2) is 6.58. The number of thiazole rings is 1. The van der Waals surface area contributed by atoms with Crippen LogP contribution in [0.1, 0.15) is 19.4 Å². The Morgan fingerprint density at radius 2 is 1.95 bits per heavy atom. The average molecular weight is 311 g/mol. The molecule has 0 aliphatic rings. The van der Waals surface area contributed by atoms with E-state index in [1.807, 2.05) is 58.7 Å². The fourth-order valence-electron chi connectivity index (χ4n) is 1.98. The van der Waals surface area contributed by atoms with Crippen LogP contribution >= 0.6 is 11.3 Å². The number of aromatic nitrogens is 1. The fourth-order valence-corrected chi connectivity index (χ4v) is 2.93. The summed E-state index contributed by atoms with van der Waals surface area (Å²) >= 11 is 1.56. The molecule has 0 bridgehead atoms. The molecule has 0 fully saturated rings. The Bertz CT molecular complexity index is 811. The van der Waals surface area contributed by atoms with Crippen LogP contribution in [-0.4, -0.2) is 16.9 Å². The summed E-state index contributed by atoms with van der Waals surface area (Å²) in [4.78, 5) is 5.48. The van der Waals surface area contributed by atoms with Crippen molar-refractivity contribution in [3.63, 3.8) is 0 Å². The van der Waals surface area contributed by atoms with Gasteiger partial charge < -0.3 is 4.42 Å². The summed E-state index contributed by atoms with van der Waals surface area (Å²) < 4.78 is 7.33. The molecule has 0 aliphatic heterocycles. The number of hydrogen-bond donors (Lipinski definition) is 0. The van der Waals surface area contributed by atoms with Gasteiger partial charge in [-0.2, -0.15) is 5.10 Å². The van der Waals surface area contributed by atoms with E-state index in [1.165, 1.54) is 0 Å². The highest BCUT2D eigenvalue weighted by Crippen LogP contribution is 2.20. The second-order valence-electron chi connectivity index (χ2n) is 5.07. The van der Waals surface area contributed by atoms with Gasteiger partial charge in [0.25, 0.3) is 0 Å². The van der Waals surface area contributed by atoms with Crippen molar-refractivity contribution in [2.24, 2.45) is 10.1 Å². The lowest BCUT2D eigenvalue weighted by Gasteiger charge is -2.01. The van der Waals surface area contributed by atoms with Gasteiger partial charge in [0.1, 0.15) is 5.69 Å². The van der Waals surface area contributed by atoms with Crippen LogP contribution in [0.2, 0.25) is 0 Å². The van der Waals surface area contributed by atoms with Gasteiger partial charge in [-0.3, -0.25) is 4.99 Å². The zero-order valence-corrected chi connectivity index (χ0v) is 13.3. The largest absolute Gasteiger partial charge is 0.463 e. The summed E-state index contributed by atoms with van der Waals surface area (Å²) in [5.41, 5.74) is 1.95. The van der Waals surface area contributed by atoms with E-state index >= 15 is 0 Å². The van der Waals surface area contributed by atoms with Crippen molar-refractivity contribution in [3.05, 3.63) is 64.5 Å². The number of benzene rings is 1. The molecule has 0 aliphatic carbocycles. The van der Waals surface area contributed by atoms with Crippen molar-refractivity contribution in [1.29, 1.82) is 0 Å². The van der Waals surface area contributed by atoms with Gasteiger partial charge in [0.2, 0.25) is 4.80 Å². The minimum absolute atomic E-state index is 0.210. The number of rotatable bonds is 4. The van der Waals surface area contributed by atoms with E-state index in [0.29, 0.717) is 0 Å². The van der Waals surface area contributed by atoms with Crippen LogP contribution in [0.15, 0.2) is 68.6 Å². The van der Waals surface area contributed by atoms with E-state index in [1.54, 1.807) is 17.6 Å². The number of nitrogens with zero attached hydrogens (tertiary/aromatic N) is 3. The molecule has 3 aromatic rings. The summed E-state index contributed by atoms with van der Waals surface area (Å²) in [6, 6.07) is 14.0. The van der Waals surface area contributed by atoms with E-state index in [9.17, 15) is 0 Å². The first-order valence-corrected chi connectivity index (χ1v) is 7.99. The molecule has 0 N–H and O–H groups in total. The van der Waals surface area contributed by atoms with Gasteiger partial charge in [0.15, 0.2) is 5.76 Å². The maximum Gasteiger partial charge on any atom is 0.206 e. The predicted molar refractivity (Wildman–Crippen MR) is 90.1 cm³/mol. The molecular weight excluding hydrogens is 294 g/mol. The maximum absolute atomic E-state index is 5.50. The van der Waals surface area contributed by atoms with E-state index in [0.717, 1.165) is 21.8 Å². The topological polar surface area (TPSA) is 42.8 Å². The smallest absolute Gasteiger partial charge is 0.206 e. The van der Waals surface area contributed by atoms with Crippen molar-refractivity contribution in [2.45, 2.75) is 19.9 Å². The molecule has 22 heavy (non-hydrogen) atoms. The van der Waals surface area contributed by atoms with E-state index in [-0.39, 0.29) is 6.04 Å². The van der Waals surface area contributed by atoms with E-state index < -0.39 is 0 Å². The van der Waals surface area contributed by atoms with Crippen LogP contribution in [0.5, 0.6) is 0 Å². The van der Waals surface area contributed by atoms with E-state index in [4.69, 9.17) is 4.42 Å². The highest BCUT2D eigenvalue weighted by Gasteiger charge is 2.09. The van der Waals surface area contributed by atoms with Gasteiger partial charge in [0.05, 0.1) is 12.5 Å². The highest BCUT2D eigenvalue weighted by atomic mass is 32.1. The summed E-state index contributed by atoms with van der Waals surface area (Å²) in [6.45, 7) is 4.11. The summed E-state index contributed by atoms with van der Waals surface area (Å²) in [5.74, 6) is 0.784. The predicted octanol–water partition coefficient (Wildman–Crippen LogP) is 4.00. The number of hydrogen-bond acceptors (Lipinski definition) is 4. The van der Waals surface area contributed by atoms with Gasteiger partial charge in [-0.05, 0) is 31.5 Å². The molecule has 0 radical (unpaired) electrons. The van der Waals surface area contributed by atoms with Crippen LogP contribution in [0.3, 0.4) is 0 Å². The van der Waals surface area contributed by atoms with Crippen LogP contribution in [0.25, 0.3) is 11.5 Å². The Kier molecular flexibility index (Phi) is 4.34. The minimum atomic E-state index is 0.210. The molecule has 0 atom stereocenters. The van der Waals surface area contributed by atoms with Crippen molar-refractivity contribution < 1.29 is 4.42 Å². The van der Waals surface area contributed by atoms with Crippen molar-refractivity contribution in [1.82, 2.24) is 4.68 Å². The third-order valence-corrected chi connectivity index (χ3v) is 3.78. The molecule has 112 valence electrons. The normalized spacial score (nSPS) is 12.6. The minimum Gasteiger partial charge on any atom is -0.463 e. The molecule has 0 saturated heterocycles. The van der Waals surface area contributed by atoms with Gasteiger partial charge >= 0.3 is 0 Å². The molecule has 2 heterocycles. The quantitative estimate of drug-likeness (QED) is 0.672. The SMILES string of the molecule is CC(C)N=c1scc(-c2ccco2)n1N=Cc1ccccc1. The third kappa shape index (κ3) is 3.26. The first-order chi connectivity index (χ1) is 10.7. The van der Waals surface area contributed by atoms with Gasteiger partial charge in [-0.25, -0.2) is 4.68 Å². The van der Waals surface area contributed by atoms with Crippen LogP contribution < -0.4 is 4.80 Å². The van der Waals surface area contributed by atoms with Gasteiger partial charge in [0, 0.05) is 11.4 Å². The van der Waals surface area contributed by atoms with Gasteiger partial charge in [-0.15, -0.1) is 11.3 Å². The maximum atomic E-state index is 5.50. The number of furan rings is 1. The van der Waals surface area contributed by atoms with Crippen LogP contribution in [-0.2, 0) is 0 Å². The lowest BCUT2D eigenvalue weighted by molar-refractivity contribution is 0.575. The molecule has 0 saturated carbocycles. The zero-order chi connectivity index (χ0) is 15.4. The molecule has 4 nitrogen and oxygen atoms in total. The Morgan fingerprint density at radius 3 is 2.64 bits per heavy atom. The van der Waals surface area contributed by atoms with Crippen LogP contribution in [0.4, 0.5) is 0 Å². The lowest BCUT2D eigenvalue weighted by atomic mass is 10.2. The van der Waals surface area contributed by atoms with Crippen molar-refractivity contribution in [2.75, 3.05) is 0 Å². The molecule has 3 rings (SSSR count). The summed E-state index contributed by atoms with van der Waals surface area (Å²) in [6.07, 6.45) is 3.50. The standard InChI is InChI=1S/C17H17N3OS/c1-13(2)19-17-20(18-11-14-7-4-3-5-8-14)15(12-22-17)16-9-6-10-21-16/h3-13H,1-2H3. The average Bonchev–Trinajstić information content (AvgIpc) is 3.15. The monoisotopic (exact) mass is 311 g/mol. The van der Waals surface area contributed by atoms with Crippen molar-refractivity contribution in [3.8, 4) is 11.5 Å². The molecule has 0 amide bonds. The van der Waals surface area contributed by atoms with E-state index in [2.05, 4.69) is 23.9 Å². The van der Waals surface area contributed by atoms with Gasteiger partial charge in [-0.1, -0.05) is 30.3 Å². The zero-order valence-electron chi connectivity index (χ0n) is 12.5.